The number of hydrogen-bond acceptors (Lipinski definition) is 6. The van der Waals surface area contributed by atoms with Gasteiger partial charge in [-0.15, -0.1) is 0 Å². The van der Waals surface area contributed by atoms with Gasteiger partial charge in [0.1, 0.15) is 5.75 Å². The van der Waals surface area contributed by atoms with E-state index >= 15 is 0 Å². The Bertz CT molecular complexity index is 1380. The lowest BCUT2D eigenvalue weighted by molar-refractivity contribution is 0.415. The van der Waals surface area contributed by atoms with Crippen LogP contribution >= 0.6 is 28.1 Å². The molecule has 0 aliphatic rings. The Balaban J connectivity index is 1.64. The molecule has 186 valence electrons. The van der Waals surface area contributed by atoms with Crippen molar-refractivity contribution in [2.24, 2.45) is 0 Å². The van der Waals surface area contributed by atoms with Crippen molar-refractivity contribution < 1.29 is 26.1 Å². The van der Waals surface area contributed by atoms with Gasteiger partial charge in [0.15, 0.2) is 5.11 Å². The standard InChI is InChI=1S/C22H22BrN3O6S3/c1-32-20-10-6-18(7-11-20)24-22(33)25-34(27,28)21-12-2-16(3-13-21)14-15-26(35(29,30)31)19-8-4-17(23)5-9-19/h2-13H,14-15H2,1H3,(H2,24,25,33)(H,29,30,31). The molecule has 13 heteroatoms. The Morgan fingerprint density at radius 2 is 1.57 bits per heavy atom. The van der Waals surface area contributed by atoms with Crippen LogP contribution in [0.15, 0.2) is 82.2 Å². The third-order valence-electron chi connectivity index (χ3n) is 4.81. The van der Waals surface area contributed by atoms with Crippen LogP contribution in [-0.2, 0) is 26.7 Å². The summed E-state index contributed by atoms with van der Waals surface area (Å²) in [4.78, 5) is -0.0142. The van der Waals surface area contributed by atoms with E-state index in [1.165, 1.54) is 12.1 Å². The number of sulfonamides is 1. The minimum Gasteiger partial charge on any atom is -0.497 e. The van der Waals surface area contributed by atoms with Crippen molar-refractivity contribution in [1.82, 2.24) is 4.72 Å². The van der Waals surface area contributed by atoms with E-state index in [0.29, 0.717) is 22.7 Å². The second-order valence-electron chi connectivity index (χ2n) is 7.21. The lowest BCUT2D eigenvalue weighted by Crippen LogP contribution is -2.34. The molecule has 0 fully saturated rings. The van der Waals surface area contributed by atoms with Crippen molar-refractivity contribution in [1.29, 1.82) is 0 Å². The van der Waals surface area contributed by atoms with Crippen LogP contribution in [0, 0.1) is 0 Å². The summed E-state index contributed by atoms with van der Waals surface area (Å²) in [6, 6.07) is 19.2. The summed E-state index contributed by atoms with van der Waals surface area (Å²) in [6.45, 7) is -0.0410. The van der Waals surface area contributed by atoms with E-state index in [1.54, 1.807) is 67.8 Å². The minimum absolute atomic E-state index is 0.0142. The summed E-state index contributed by atoms with van der Waals surface area (Å²) >= 11 is 8.39. The smallest absolute Gasteiger partial charge is 0.359 e. The predicted molar refractivity (Wildman–Crippen MR) is 143 cm³/mol. The summed E-state index contributed by atoms with van der Waals surface area (Å²) in [6.07, 6.45) is 0.237. The number of ether oxygens (including phenoxy) is 1. The Morgan fingerprint density at radius 1 is 0.971 bits per heavy atom. The van der Waals surface area contributed by atoms with Crippen molar-refractivity contribution in [3.8, 4) is 5.75 Å². The third kappa shape index (κ3) is 7.64. The van der Waals surface area contributed by atoms with Gasteiger partial charge < -0.3 is 10.1 Å². The van der Waals surface area contributed by atoms with E-state index in [0.717, 1.165) is 8.78 Å². The molecule has 0 aromatic heterocycles. The van der Waals surface area contributed by atoms with Crippen molar-refractivity contribution in [3.63, 3.8) is 0 Å². The maximum Gasteiger partial charge on any atom is 0.359 e. The van der Waals surface area contributed by atoms with Crippen LogP contribution < -0.4 is 19.1 Å². The molecule has 0 bridgehead atoms. The second kappa shape index (κ2) is 11.4. The highest BCUT2D eigenvalue weighted by molar-refractivity contribution is 9.10. The first kappa shape index (κ1) is 26.9. The average molecular weight is 601 g/mol. The number of thiocarbonyl (C=S) groups is 1. The van der Waals surface area contributed by atoms with Gasteiger partial charge in [-0.05, 0) is 84.9 Å². The van der Waals surface area contributed by atoms with Crippen molar-refractivity contribution in [2.45, 2.75) is 11.3 Å². The van der Waals surface area contributed by atoms with Gasteiger partial charge in [-0.3, -0.25) is 9.27 Å². The first-order valence-corrected chi connectivity index (χ1v) is 14.1. The number of hydrogen-bond donors (Lipinski definition) is 3. The maximum absolute atomic E-state index is 12.7. The van der Waals surface area contributed by atoms with E-state index in [-0.39, 0.29) is 23.0 Å². The minimum atomic E-state index is -4.49. The fourth-order valence-electron chi connectivity index (χ4n) is 3.06. The van der Waals surface area contributed by atoms with Crippen LogP contribution in [0.4, 0.5) is 11.4 Å². The van der Waals surface area contributed by atoms with E-state index in [2.05, 4.69) is 26.0 Å². The van der Waals surface area contributed by atoms with Gasteiger partial charge in [0.2, 0.25) is 0 Å². The molecule has 0 amide bonds. The van der Waals surface area contributed by atoms with Crippen LogP contribution in [0.3, 0.4) is 0 Å². The lowest BCUT2D eigenvalue weighted by atomic mass is 10.1. The van der Waals surface area contributed by atoms with Gasteiger partial charge in [0.05, 0.1) is 17.7 Å². The van der Waals surface area contributed by atoms with Gasteiger partial charge in [-0.1, -0.05) is 28.1 Å². The third-order valence-corrected chi connectivity index (χ3v) is 7.98. The molecule has 3 aromatic rings. The highest BCUT2D eigenvalue weighted by Crippen LogP contribution is 2.21. The van der Waals surface area contributed by atoms with Crippen molar-refractivity contribution in [3.05, 3.63) is 82.8 Å². The van der Waals surface area contributed by atoms with Crippen molar-refractivity contribution >= 4 is 65.0 Å². The highest BCUT2D eigenvalue weighted by Gasteiger charge is 2.20. The van der Waals surface area contributed by atoms with Crippen LogP contribution in [0.5, 0.6) is 5.75 Å². The molecular formula is C22H22BrN3O6S3. The predicted octanol–water partition coefficient (Wildman–Crippen LogP) is 3.98. The SMILES string of the molecule is COc1ccc(NC(=S)NS(=O)(=O)c2ccc(CCN(c3ccc(Br)cc3)S(=O)(=O)O)cc2)cc1. The van der Waals surface area contributed by atoms with Crippen LogP contribution in [0.25, 0.3) is 0 Å². The summed E-state index contributed by atoms with van der Waals surface area (Å²) < 4.78 is 67.7. The van der Waals surface area contributed by atoms with Gasteiger partial charge in [-0.25, -0.2) is 12.7 Å². The molecule has 3 aromatic carbocycles. The van der Waals surface area contributed by atoms with Crippen LogP contribution in [0.1, 0.15) is 5.56 Å². The Labute approximate surface area is 218 Å². The number of nitrogens with one attached hydrogen (secondary N) is 2. The molecule has 0 saturated heterocycles. The molecule has 0 unspecified atom stereocenters. The Hall–Kier alpha value is -2.71. The van der Waals surface area contributed by atoms with Crippen molar-refractivity contribution in [2.75, 3.05) is 23.3 Å². The summed E-state index contributed by atoms with van der Waals surface area (Å²) in [5.74, 6) is 0.652. The maximum atomic E-state index is 12.7. The van der Waals surface area contributed by atoms with E-state index in [9.17, 15) is 21.4 Å². The first-order chi connectivity index (χ1) is 16.5. The number of methoxy groups -OCH3 is 1. The van der Waals surface area contributed by atoms with Crippen LogP contribution in [-0.4, -0.2) is 40.2 Å². The van der Waals surface area contributed by atoms with E-state index in [1.807, 2.05) is 0 Å². The number of halogens is 1. The van der Waals surface area contributed by atoms with Gasteiger partial charge >= 0.3 is 10.3 Å². The summed E-state index contributed by atoms with van der Waals surface area (Å²) in [5.41, 5.74) is 1.56. The average Bonchev–Trinajstić information content (AvgIpc) is 2.80. The first-order valence-electron chi connectivity index (χ1n) is 10.1. The van der Waals surface area contributed by atoms with Gasteiger partial charge in [0.25, 0.3) is 10.0 Å². The molecule has 0 heterocycles. The monoisotopic (exact) mass is 599 g/mol. The molecular weight excluding hydrogens is 578 g/mol. The molecule has 0 aliphatic heterocycles. The zero-order valence-electron chi connectivity index (χ0n) is 18.4. The highest BCUT2D eigenvalue weighted by atomic mass is 79.9. The molecule has 0 atom stereocenters. The topological polar surface area (TPSA) is 125 Å². The normalized spacial score (nSPS) is 11.5. The van der Waals surface area contributed by atoms with E-state index in [4.69, 9.17) is 17.0 Å². The zero-order chi connectivity index (χ0) is 25.6. The Morgan fingerprint density at radius 3 is 2.11 bits per heavy atom. The zero-order valence-corrected chi connectivity index (χ0v) is 22.4. The quantitative estimate of drug-likeness (QED) is 0.249. The number of anilines is 2. The van der Waals surface area contributed by atoms with Gasteiger partial charge in [-0.2, -0.15) is 8.42 Å². The summed E-state index contributed by atoms with van der Waals surface area (Å²) in [7, 11) is -6.89. The molecule has 3 N–H and O–H groups in total. The molecule has 0 aliphatic carbocycles. The van der Waals surface area contributed by atoms with Gasteiger partial charge in [0, 0.05) is 16.7 Å². The molecule has 3 rings (SSSR count). The molecule has 0 saturated carbocycles. The molecule has 35 heavy (non-hydrogen) atoms. The fourth-order valence-corrected chi connectivity index (χ4v) is 5.39. The van der Waals surface area contributed by atoms with E-state index < -0.39 is 20.3 Å². The largest absolute Gasteiger partial charge is 0.497 e. The summed E-state index contributed by atoms with van der Waals surface area (Å²) in [5, 5.41) is 2.69. The fraction of sp³-hybridized carbons (Fsp3) is 0.136. The number of benzene rings is 3. The molecule has 0 radical (unpaired) electrons. The van der Waals surface area contributed by atoms with Crippen LogP contribution in [0.2, 0.25) is 0 Å². The lowest BCUT2D eigenvalue weighted by Gasteiger charge is -2.21. The number of nitrogens with zero attached hydrogens (tertiary/aromatic N) is 1. The molecule has 0 spiro atoms. The second-order valence-corrected chi connectivity index (χ2v) is 11.6. The Kier molecular flexibility index (Phi) is 8.72. The number of rotatable bonds is 9. The molecule has 9 nitrogen and oxygen atoms in total.